The summed E-state index contributed by atoms with van der Waals surface area (Å²) in [6.45, 7) is 4.59. The average Bonchev–Trinajstić information content (AvgIpc) is 2.76. The van der Waals surface area contributed by atoms with Crippen molar-refractivity contribution in [1.29, 1.82) is 0 Å². The third kappa shape index (κ3) is 6.26. The van der Waals surface area contributed by atoms with Crippen molar-refractivity contribution in [2.24, 2.45) is 0 Å². The van der Waals surface area contributed by atoms with Crippen LogP contribution >= 0.6 is 23.2 Å². The Morgan fingerprint density at radius 1 is 1.10 bits per heavy atom. The number of benzene rings is 2. The van der Waals surface area contributed by atoms with Gasteiger partial charge in [-0.25, -0.2) is 13.1 Å². The van der Waals surface area contributed by atoms with Crippen molar-refractivity contribution in [3.05, 3.63) is 52.5 Å². The fourth-order valence-electron chi connectivity index (χ4n) is 3.20. The van der Waals surface area contributed by atoms with Crippen LogP contribution in [0.25, 0.3) is 0 Å². The van der Waals surface area contributed by atoms with Crippen LogP contribution in [0, 0.1) is 0 Å². The van der Waals surface area contributed by atoms with Crippen molar-refractivity contribution in [3.8, 4) is 5.75 Å². The fourth-order valence-corrected chi connectivity index (χ4v) is 4.85. The number of hydrogen-bond acceptors (Lipinski definition) is 5. The molecule has 1 aliphatic rings. The van der Waals surface area contributed by atoms with Gasteiger partial charge in [-0.05, 0) is 42.8 Å². The van der Waals surface area contributed by atoms with Crippen LogP contribution < -0.4 is 14.4 Å². The van der Waals surface area contributed by atoms with Crippen LogP contribution in [-0.2, 0) is 14.8 Å². The minimum Gasteiger partial charge on any atom is -0.482 e. The minimum atomic E-state index is -3.62. The van der Waals surface area contributed by atoms with Crippen molar-refractivity contribution in [1.82, 2.24) is 9.62 Å². The van der Waals surface area contributed by atoms with Crippen LogP contribution in [-0.4, -0.2) is 58.6 Å². The smallest absolute Gasteiger partial charge is 0.260 e. The summed E-state index contributed by atoms with van der Waals surface area (Å²) in [7, 11) is -3.62. The molecule has 1 fully saturated rings. The van der Waals surface area contributed by atoms with Gasteiger partial charge in [0.25, 0.3) is 5.91 Å². The molecule has 1 aliphatic heterocycles. The highest BCUT2D eigenvalue weighted by molar-refractivity contribution is 7.89. The second-order valence-electron chi connectivity index (χ2n) is 7.13. The van der Waals surface area contributed by atoms with E-state index in [0.717, 1.165) is 5.69 Å². The molecular weight excluding hydrogens is 461 g/mol. The molecule has 2 aromatic carbocycles. The van der Waals surface area contributed by atoms with E-state index in [1.165, 1.54) is 18.2 Å². The maximum Gasteiger partial charge on any atom is 0.260 e. The molecule has 0 spiro atoms. The van der Waals surface area contributed by atoms with Gasteiger partial charge in [0, 0.05) is 43.4 Å². The quantitative estimate of drug-likeness (QED) is 0.619. The molecule has 0 aliphatic carbocycles. The van der Waals surface area contributed by atoms with E-state index >= 15 is 0 Å². The number of piperazine rings is 1. The van der Waals surface area contributed by atoms with Gasteiger partial charge in [0.05, 0.1) is 9.92 Å². The van der Waals surface area contributed by atoms with Crippen molar-refractivity contribution < 1.29 is 17.9 Å². The Balaban J connectivity index is 1.53. The fraction of sp³-hybridized carbons (Fsp3) is 0.381. The lowest BCUT2D eigenvalue weighted by atomic mass is 10.2. The van der Waals surface area contributed by atoms with E-state index in [0.29, 0.717) is 44.2 Å². The molecule has 1 amide bonds. The predicted molar refractivity (Wildman–Crippen MR) is 123 cm³/mol. The molecule has 1 saturated heterocycles. The van der Waals surface area contributed by atoms with E-state index in [1.54, 1.807) is 4.90 Å². The number of halogens is 2. The lowest BCUT2D eigenvalue weighted by Crippen LogP contribution is -2.50. The third-order valence-corrected chi connectivity index (χ3v) is 6.90. The summed E-state index contributed by atoms with van der Waals surface area (Å²) in [6.07, 6.45) is 0.684. The highest BCUT2D eigenvalue weighted by atomic mass is 35.5. The molecule has 0 bridgehead atoms. The van der Waals surface area contributed by atoms with Crippen molar-refractivity contribution in [2.75, 3.05) is 44.2 Å². The summed E-state index contributed by atoms with van der Waals surface area (Å²) < 4.78 is 32.4. The summed E-state index contributed by atoms with van der Waals surface area (Å²) in [6, 6.07) is 11.8. The first-order chi connectivity index (χ1) is 14.8. The lowest BCUT2D eigenvalue weighted by Gasteiger charge is -2.36. The van der Waals surface area contributed by atoms with Gasteiger partial charge in [-0.15, -0.1) is 0 Å². The Hall–Kier alpha value is -2.00. The van der Waals surface area contributed by atoms with Gasteiger partial charge in [-0.1, -0.05) is 36.2 Å². The molecule has 1 N–H and O–H groups in total. The summed E-state index contributed by atoms with van der Waals surface area (Å²) in [5, 5.41) is 0.819. The zero-order valence-corrected chi connectivity index (χ0v) is 19.5. The molecule has 7 nitrogen and oxygen atoms in total. The van der Waals surface area contributed by atoms with Crippen LogP contribution in [0.4, 0.5) is 5.69 Å². The van der Waals surface area contributed by atoms with Crippen LogP contribution in [0.2, 0.25) is 10.0 Å². The Labute approximate surface area is 192 Å². The highest BCUT2D eigenvalue weighted by Crippen LogP contribution is 2.27. The molecule has 10 heteroatoms. The average molecular weight is 486 g/mol. The molecule has 0 unspecified atom stereocenters. The molecule has 0 aromatic heterocycles. The van der Waals surface area contributed by atoms with Crippen molar-refractivity contribution in [2.45, 2.75) is 18.2 Å². The van der Waals surface area contributed by atoms with Crippen LogP contribution in [0.3, 0.4) is 0 Å². The largest absolute Gasteiger partial charge is 0.482 e. The summed E-state index contributed by atoms with van der Waals surface area (Å²) >= 11 is 12.2. The topological polar surface area (TPSA) is 78.9 Å². The number of carbonyl (C=O) groups is 1. The van der Waals surface area contributed by atoms with E-state index in [1.807, 2.05) is 31.2 Å². The third-order valence-electron chi connectivity index (χ3n) is 4.91. The Bertz CT molecular complexity index is 1030. The Kier molecular flexibility index (Phi) is 8.05. The second kappa shape index (κ2) is 10.5. The first kappa shape index (κ1) is 23.7. The zero-order chi connectivity index (χ0) is 22.4. The number of nitrogens with zero attached hydrogens (tertiary/aromatic N) is 2. The monoisotopic (exact) mass is 485 g/mol. The number of sulfonamides is 1. The number of nitrogens with one attached hydrogen (secondary N) is 1. The number of anilines is 1. The summed E-state index contributed by atoms with van der Waals surface area (Å²) in [4.78, 5) is 16.5. The molecule has 0 saturated carbocycles. The molecule has 1 heterocycles. The Morgan fingerprint density at radius 2 is 1.84 bits per heavy atom. The minimum absolute atomic E-state index is 0.0572. The number of hydrogen-bond donors (Lipinski definition) is 1. The molecule has 0 atom stereocenters. The van der Waals surface area contributed by atoms with Gasteiger partial charge in [0.15, 0.2) is 6.61 Å². The molecule has 2 aromatic rings. The van der Waals surface area contributed by atoms with E-state index in [9.17, 15) is 13.2 Å². The normalized spacial score (nSPS) is 14.5. The van der Waals surface area contributed by atoms with Crippen LogP contribution in [0.5, 0.6) is 5.75 Å². The van der Waals surface area contributed by atoms with Gasteiger partial charge in [-0.3, -0.25) is 4.79 Å². The van der Waals surface area contributed by atoms with E-state index in [2.05, 4.69) is 9.62 Å². The van der Waals surface area contributed by atoms with E-state index in [4.69, 9.17) is 27.9 Å². The number of ether oxygens (including phenoxy) is 1. The lowest BCUT2D eigenvalue weighted by molar-refractivity contribution is -0.133. The highest BCUT2D eigenvalue weighted by Gasteiger charge is 2.22. The summed E-state index contributed by atoms with van der Waals surface area (Å²) in [5.74, 6) is 0.116. The Morgan fingerprint density at radius 3 is 2.48 bits per heavy atom. The predicted octanol–water partition coefficient (Wildman–Crippen LogP) is 3.41. The standard InChI is InChI=1S/C21H25Cl2N3O4S/c1-2-8-24-31(28,29)18-6-7-20(19(23)14-18)30-15-21(27)26-11-9-25(10-12-26)17-5-3-4-16(22)13-17/h3-7,13-14,24H,2,8-12,15H2,1H3. The summed E-state index contributed by atoms with van der Waals surface area (Å²) in [5.41, 5.74) is 1.03. The molecular formula is C21H25Cl2N3O4S. The maximum atomic E-state index is 12.5. The first-order valence-electron chi connectivity index (χ1n) is 10.0. The van der Waals surface area contributed by atoms with Gasteiger partial charge in [0.2, 0.25) is 10.0 Å². The molecule has 168 valence electrons. The van der Waals surface area contributed by atoms with Gasteiger partial charge >= 0.3 is 0 Å². The zero-order valence-electron chi connectivity index (χ0n) is 17.2. The number of carbonyl (C=O) groups excluding carboxylic acids is 1. The van der Waals surface area contributed by atoms with Crippen LogP contribution in [0.15, 0.2) is 47.4 Å². The van der Waals surface area contributed by atoms with Gasteiger partial charge in [-0.2, -0.15) is 0 Å². The van der Waals surface area contributed by atoms with E-state index in [-0.39, 0.29) is 28.2 Å². The van der Waals surface area contributed by atoms with Gasteiger partial charge in [0.1, 0.15) is 5.75 Å². The molecule has 3 rings (SSSR count). The first-order valence-corrected chi connectivity index (χ1v) is 12.2. The number of rotatable bonds is 8. The maximum absolute atomic E-state index is 12.5. The van der Waals surface area contributed by atoms with E-state index < -0.39 is 10.0 Å². The number of amides is 1. The SMILES string of the molecule is CCCNS(=O)(=O)c1ccc(OCC(=O)N2CCN(c3cccc(Cl)c3)CC2)c(Cl)c1. The van der Waals surface area contributed by atoms with Crippen molar-refractivity contribution >= 4 is 44.8 Å². The second-order valence-corrected chi connectivity index (χ2v) is 9.74. The molecule has 0 radical (unpaired) electrons. The molecule has 31 heavy (non-hydrogen) atoms. The van der Waals surface area contributed by atoms with Crippen molar-refractivity contribution in [3.63, 3.8) is 0 Å². The van der Waals surface area contributed by atoms with Gasteiger partial charge < -0.3 is 14.5 Å². The van der Waals surface area contributed by atoms with Crippen LogP contribution in [0.1, 0.15) is 13.3 Å².